The van der Waals surface area contributed by atoms with Gasteiger partial charge in [-0.25, -0.2) is 0 Å². The topological polar surface area (TPSA) is 96.0 Å². The summed E-state index contributed by atoms with van der Waals surface area (Å²) in [5, 5.41) is 23.0. The average Bonchev–Trinajstić information content (AvgIpc) is 2.97. The number of hydrogen-bond donors (Lipinski definition) is 1. The maximum atomic E-state index is 12.3. The molecule has 2 rings (SSSR count). The predicted octanol–water partition coefficient (Wildman–Crippen LogP) is 3.18. The number of aryl methyl sites for hydroxylation is 1. The van der Waals surface area contributed by atoms with Crippen LogP contribution < -0.4 is 5.32 Å². The molecule has 1 aromatic carbocycles. The van der Waals surface area contributed by atoms with Gasteiger partial charge in [0, 0.05) is 17.3 Å². The standard InChI is InChI=1S/C15H17N3O3/c1-2-11-5-6-12(9-13(11)18(20)21)17-14(19)15(10-16)7-3-4-8-15/h5-6,9H,2-4,7-8H2,1H3,(H,17,19). The minimum atomic E-state index is -0.988. The zero-order valence-corrected chi connectivity index (χ0v) is 11.9. The number of carbonyl (C=O) groups is 1. The summed E-state index contributed by atoms with van der Waals surface area (Å²) >= 11 is 0. The van der Waals surface area contributed by atoms with E-state index in [0.29, 0.717) is 30.5 Å². The van der Waals surface area contributed by atoms with Crippen LogP contribution in [0.25, 0.3) is 0 Å². The minimum Gasteiger partial charge on any atom is -0.324 e. The normalized spacial score (nSPS) is 16.2. The molecule has 1 saturated carbocycles. The van der Waals surface area contributed by atoms with Gasteiger partial charge in [-0.2, -0.15) is 5.26 Å². The van der Waals surface area contributed by atoms with E-state index < -0.39 is 10.3 Å². The lowest BCUT2D eigenvalue weighted by atomic mass is 9.87. The monoisotopic (exact) mass is 287 g/mol. The molecule has 21 heavy (non-hydrogen) atoms. The van der Waals surface area contributed by atoms with Gasteiger partial charge in [0.25, 0.3) is 5.69 Å². The fourth-order valence-electron chi connectivity index (χ4n) is 2.73. The maximum Gasteiger partial charge on any atom is 0.274 e. The highest BCUT2D eigenvalue weighted by Gasteiger charge is 2.41. The third kappa shape index (κ3) is 2.87. The molecule has 1 aliphatic rings. The van der Waals surface area contributed by atoms with Crippen molar-refractivity contribution < 1.29 is 9.72 Å². The van der Waals surface area contributed by atoms with Crippen molar-refractivity contribution >= 4 is 17.3 Å². The number of benzene rings is 1. The van der Waals surface area contributed by atoms with Crippen LogP contribution in [0.2, 0.25) is 0 Å². The van der Waals surface area contributed by atoms with E-state index in [1.807, 2.05) is 6.92 Å². The number of nitro groups is 1. The zero-order chi connectivity index (χ0) is 15.5. The van der Waals surface area contributed by atoms with Gasteiger partial charge in [0.1, 0.15) is 5.41 Å². The first-order chi connectivity index (χ1) is 10.0. The highest BCUT2D eigenvalue weighted by molar-refractivity contribution is 5.97. The Morgan fingerprint density at radius 2 is 2.14 bits per heavy atom. The molecule has 1 aliphatic carbocycles. The molecular weight excluding hydrogens is 270 g/mol. The van der Waals surface area contributed by atoms with Gasteiger partial charge in [-0.05, 0) is 25.3 Å². The van der Waals surface area contributed by atoms with E-state index in [1.54, 1.807) is 12.1 Å². The Bertz CT molecular complexity index is 613. The van der Waals surface area contributed by atoms with Crippen LogP contribution in [0.5, 0.6) is 0 Å². The van der Waals surface area contributed by atoms with Gasteiger partial charge in [0.15, 0.2) is 0 Å². The van der Waals surface area contributed by atoms with Crippen LogP contribution in [0.4, 0.5) is 11.4 Å². The van der Waals surface area contributed by atoms with E-state index >= 15 is 0 Å². The van der Waals surface area contributed by atoms with Gasteiger partial charge >= 0.3 is 0 Å². The summed E-state index contributed by atoms with van der Waals surface area (Å²) in [6, 6.07) is 6.75. The van der Waals surface area contributed by atoms with Crippen molar-refractivity contribution in [1.29, 1.82) is 5.26 Å². The second-order valence-corrected chi connectivity index (χ2v) is 5.31. The molecular formula is C15H17N3O3. The molecule has 0 bridgehead atoms. The Morgan fingerprint density at radius 3 is 2.67 bits per heavy atom. The Labute approximate surface area is 122 Å². The number of carbonyl (C=O) groups excluding carboxylic acids is 1. The number of amides is 1. The van der Waals surface area contributed by atoms with Crippen LogP contribution in [0, 0.1) is 26.9 Å². The molecule has 110 valence electrons. The lowest BCUT2D eigenvalue weighted by Gasteiger charge is -2.19. The highest BCUT2D eigenvalue weighted by atomic mass is 16.6. The first-order valence-electron chi connectivity index (χ1n) is 7.02. The van der Waals surface area contributed by atoms with Crippen molar-refractivity contribution in [3.8, 4) is 6.07 Å². The fraction of sp³-hybridized carbons (Fsp3) is 0.467. The van der Waals surface area contributed by atoms with E-state index in [2.05, 4.69) is 11.4 Å². The Balaban J connectivity index is 2.24. The number of nitrogens with zero attached hydrogens (tertiary/aromatic N) is 2. The number of rotatable bonds is 4. The Morgan fingerprint density at radius 1 is 1.48 bits per heavy atom. The summed E-state index contributed by atoms with van der Waals surface area (Å²) in [7, 11) is 0. The molecule has 0 radical (unpaired) electrons. The fourth-order valence-corrected chi connectivity index (χ4v) is 2.73. The zero-order valence-electron chi connectivity index (χ0n) is 11.9. The molecule has 6 heteroatoms. The largest absolute Gasteiger partial charge is 0.324 e. The summed E-state index contributed by atoms with van der Waals surface area (Å²) in [5.41, 5.74) is -0.00917. The molecule has 6 nitrogen and oxygen atoms in total. The number of nitro benzene ring substituents is 1. The van der Waals surface area contributed by atoms with Crippen molar-refractivity contribution in [2.45, 2.75) is 39.0 Å². The number of hydrogen-bond acceptors (Lipinski definition) is 4. The molecule has 1 N–H and O–H groups in total. The highest BCUT2D eigenvalue weighted by Crippen LogP contribution is 2.38. The summed E-state index contributed by atoms with van der Waals surface area (Å²) < 4.78 is 0. The summed E-state index contributed by atoms with van der Waals surface area (Å²) in [5.74, 6) is -0.360. The Kier molecular flexibility index (Phi) is 4.22. The second-order valence-electron chi connectivity index (χ2n) is 5.31. The van der Waals surface area contributed by atoms with Crippen molar-refractivity contribution in [3.05, 3.63) is 33.9 Å². The molecule has 0 unspecified atom stereocenters. The van der Waals surface area contributed by atoms with Gasteiger partial charge in [0.05, 0.1) is 11.0 Å². The summed E-state index contributed by atoms with van der Waals surface area (Å²) in [6.45, 7) is 1.84. The lowest BCUT2D eigenvalue weighted by molar-refractivity contribution is -0.385. The van der Waals surface area contributed by atoms with Gasteiger partial charge in [-0.15, -0.1) is 0 Å². The SMILES string of the molecule is CCc1ccc(NC(=O)C2(C#N)CCCC2)cc1[N+](=O)[O-]. The first-order valence-corrected chi connectivity index (χ1v) is 7.02. The van der Waals surface area contributed by atoms with Crippen molar-refractivity contribution in [3.63, 3.8) is 0 Å². The van der Waals surface area contributed by atoms with Crippen LogP contribution in [0.1, 0.15) is 38.2 Å². The number of nitrogens with one attached hydrogen (secondary N) is 1. The summed E-state index contributed by atoms with van der Waals surface area (Å²) in [6.07, 6.45) is 3.35. The van der Waals surface area contributed by atoms with Crippen LogP contribution in [-0.2, 0) is 11.2 Å². The van der Waals surface area contributed by atoms with Gasteiger partial charge < -0.3 is 5.32 Å². The number of anilines is 1. The predicted molar refractivity (Wildman–Crippen MR) is 77.6 cm³/mol. The van der Waals surface area contributed by atoms with Crippen molar-refractivity contribution in [2.75, 3.05) is 5.32 Å². The molecule has 1 amide bonds. The van der Waals surface area contributed by atoms with Gasteiger partial charge in [-0.1, -0.05) is 25.8 Å². The molecule has 0 heterocycles. The third-order valence-electron chi connectivity index (χ3n) is 4.03. The molecule has 0 spiro atoms. The van der Waals surface area contributed by atoms with E-state index in [0.717, 1.165) is 12.8 Å². The molecule has 0 saturated heterocycles. The van der Waals surface area contributed by atoms with Crippen molar-refractivity contribution in [2.24, 2.45) is 5.41 Å². The van der Waals surface area contributed by atoms with Crippen LogP contribution in [0.3, 0.4) is 0 Å². The number of nitriles is 1. The minimum absolute atomic E-state index is 0.00673. The van der Waals surface area contributed by atoms with E-state index in [-0.39, 0.29) is 11.6 Å². The molecule has 0 aliphatic heterocycles. The molecule has 0 atom stereocenters. The quantitative estimate of drug-likeness (QED) is 0.679. The van der Waals surface area contributed by atoms with Crippen LogP contribution in [0.15, 0.2) is 18.2 Å². The third-order valence-corrected chi connectivity index (χ3v) is 4.03. The molecule has 1 aromatic rings. The van der Waals surface area contributed by atoms with Gasteiger partial charge in [0.2, 0.25) is 5.91 Å². The van der Waals surface area contributed by atoms with Crippen molar-refractivity contribution in [1.82, 2.24) is 0 Å². The second kappa shape index (κ2) is 5.92. The lowest BCUT2D eigenvalue weighted by Crippen LogP contribution is -2.32. The average molecular weight is 287 g/mol. The molecule has 0 aromatic heterocycles. The first kappa shape index (κ1) is 15.0. The Hall–Kier alpha value is -2.42. The van der Waals surface area contributed by atoms with Crippen LogP contribution >= 0.6 is 0 Å². The van der Waals surface area contributed by atoms with Crippen LogP contribution in [-0.4, -0.2) is 10.8 Å². The van der Waals surface area contributed by atoms with E-state index in [1.165, 1.54) is 6.07 Å². The molecule has 1 fully saturated rings. The van der Waals surface area contributed by atoms with E-state index in [9.17, 15) is 20.2 Å². The van der Waals surface area contributed by atoms with Gasteiger partial charge in [-0.3, -0.25) is 14.9 Å². The maximum absolute atomic E-state index is 12.3. The summed E-state index contributed by atoms with van der Waals surface area (Å²) in [4.78, 5) is 22.9. The van der Waals surface area contributed by atoms with E-state index in [4.69, 9.17) is 0 Å². The smallest absolute Gasteiger partial charge is 0.274 e.